The fourth-order valence-corrected chi connectivity index (χ4v) is 2.11. The van der Waals surface area contributed by atoms with Crippen LogP contribution in [0.4, 0.5) is 4.39 Å². The van der Waals surface area contributed by atoms with Gasteiger partial charge in [0.2, 0.25) is 0 Å². The van der Waals surface area contributed by atoms with Crippen molar-refractivity contribution in [1.29, 1.82) is 5.26 Å². The van der Waals surface area contributed by atoms with Gasteiger partial charge in [0.05, 0.1) is 24.0 Å². The number of hydrogen-bond acceptors (Lipinski definition) is 2. The third-order valence-electron chi connectivity index (χ3n) is 3.07. The Labute approximate surface area is 111 Å². The average molecular weight is 255 g/mol. The highest BCUT2D eigenvalue weighted by molar-refractivity contribution is 5.35. The van der Waals surface area contributed by atoms with Gasteiger partial charge in [-0.3, -0.25) is 0 Å². The summed E-state index contributed by atoms with van der Waals surface area (Å²) in [5.74, 6) is -0.376. The second-order valence-corrected chi connectivity index (χ2v) is 4.33. The first-order valence-electron chi connectivity index (χ1n) is 5.96. The van der Waals surface area contributed by atoms with Gasteiger partial charge in [0.1, 0.15) is 5.82 Å². The maximum absolute atomic E-state index is 14.1. The molecule has 2 aromatic rings. The van der Waals surface area contributed by atoms with E-state index in [2.05, 4.69) is 11.6 Å². The number of nitrogens with zero attached hydrogens (tertiary/aromatic N) is 3. The van der Waals surface area contributed by atoms with Crippen LogP contribution in [0.25, 0.3) is 0 Å². The van der Waals surface area contributed by atoms with E-state index in [4.69, 9.17) is 5.26 Å². The van der Waals surface area contributed by atoms with E-state index in [1.54, 1.807) is 30.7 Å². The van der Waals surface area contributed by atoms with E-state index in [0.717, 1.165) is 5.69 Å². The van der Waals surface area contributed by atoms with Crippen LogP contribution in [0.2, 0.25) is 0 Å². The highest BCUT2D eigenvalue weighted by atomic mass is 19.1. The molecule has 4 heteroatoms. The van der Waals surface area contributed by atoms with Crippen molar-refractivity contribution in [2.75, 3.05) is 0 Å². The number of imidazole rings is 1. The monoisotopic (exact) mass is 255 g/mol. The molecule has 1 aromatic heterocycles. The molecule has 0 bridgehead atoms. The lowest BCUT2D eigenvalue weighted by Gasteiger charge is -2.19. The largest absolute Gasteiger partial charge is 0.327 e. The molecule has 96 valence electrons. The fourth-order valence-electron chi connectivity index (χ4n) is 2.11. The predicted molar refractivity (Wildman–Crippen MR) is 71.0 cm³/mol. The Morgan fingerprint density at radius 1 is 1.58 bits per heavy atom. The standard InChI is InChI=1S/C15H14FN3/c1-3-4-15(19-10-18-9-11(19)2)13-6-5-12(8-17)7-14(13)16/h3,5-7,9-10,15H,1,4H2,2H3. The molecule has 0 N–H and O–H groups in total. The van der Waals surface area contributed by atoms with Gasteiger partial charge in [0.25, 0.3) is 0 Å². The highest BCUT2D eigenvalue weighted by Crippen LogP contribution is 2.26. The molecule has 1 atom stereocenters. The zero-order chi connectivity index (χ0) is 13.8. The van der Waals surface area contributed by atoms with Crippen molar-refractivity contribution < 1.29 is 4.39 Å². The molecule has 0 aliphatic carbocycles. The summed E-state index contributed by atoms with van der Waals surface area (Å²) >= 11 is 0. The number of halogens is 1. The van der Waals surface area contributed by atoms with Crippen molar-refractivity contribution in [3.8, 4) is 6.07 Å². The highest BCUT2D eigenvalue weighted by Gasteiger charge is 2.18. The minimum Gasteiger partial charge on any atom is -0.327 e. The van der Waals surface area contributed by atoms with Crippen molar-refractivity contribution >= 4 is 0 Å². The molecule has 0 amide bonds. The van der Waals surface area contributed by atoms with Gasteiger partial charge in [0, 0.05) is 17.5 Å². The summed E-state index contributed by atoms with van der Waals surface area (Å²) in [5, 5.41) is 8.77. The molecule has 0 saturated heterocycles. The van der Waals surface area contributed by atoms with Crippen LogP contribution >= 0.6 is 0 Å². The first-order chi connectivity index (χ1) is 9.17. The molecule has 0 aliphatic heterocycles. The summed E-state index contributed by atoms with van der Waals surface area (Å²) in [6.07, 6.45) is 5.76. The topological polar surface area (TPSA) is 41.6 Å². The molecular weight excluding hydrogens is 241 g/mol. The van der Waals surface area contributed by atoms with Crippen molar-refractivity contribution in [2.45, 2.75) is 19.4 Å². The van der Waals surface area contributed by atoms with Crippen LogP contribution in [0.15, 0.2) is 43.4 Å². The van der Waals surface area contributed by atoms with Crippen molar-refractivity contribution in [2.24, 2.45) is 0 Å². The zero-order valence-electron chi connectivity index (χ0n) is 10.7. The number of allylic oxidation sites excluding steroid dienone is 1. The number of nitriles is 1. The van der Waals surface area contributed by atoms with Gasteiger partial charge in [-0.25, -0.2) is 9.37 Å². The summed E-state index contributed by atoms with van der Waals surface area (Å²) in [6, 6.07) is 6.29. The first-order valence-corrected chi connectivity index (χ1v) is 5.96. The zero-order valence-corrected chi connectivity index (χ0v) is 10.7. The van der Waals surface area contributed by atoms with Crippen molar-refractivity contribution in [3.05, 3.63) is 66.0 Å². The van der Waals surface area contributed by atoms with Gasteiger partial charge < -0.3 is 4.57 Å². The molecular formula is C15H14FN3. The lowest BCUT2D eigenvalue weighted by molar-refractivity contribution is 0.527. The Kier molecular flexibility index (Phi) is 3.76. The Bertz CT molecular complexity index is 637. The second-order valence-electron chi connectivity index (χ2n) is 4.33. The van der Waals surface area contributed by atoms with E-state index in [1.165, 1.54) is 6.07 Å². The van der Waals surface area contributed by atoms with Gasteiger partial charge >= 0.3 is 0 Å². The second kappa shape index (κ2) is 5.49. The van der Waals surface area contributed by atoms with Crippen LogP contribution < -0.4 is 0 Å². The predicted octanol–water partition coefficient (Wildman–Crippen LogP) is 3.37. The first kappa shape index (κ1) is 13.0. The lowest BCUT2D eigenvalue weighted by atomic mass is 10.0. The summed E-state index contributed by atoms with van der Waals surface area (Å²) < 4.78 is 16.0. The fraction of sp³-hybridized carbons (Fsp3) is 0.200. The summed E-state index contributed by atoms with van der Waals surface area (Å²) in [7, 11) is 0. The molecule has 19 heavy (non-hydrogen) atoms. The van der Waals surface area contributed by atoms with Crippen LogP contribution in [0, 0.1) is 24.1 Å². The maximum Gasteiger partial charge on any atom is 0.129 e. The number of aryl methyl sites for hydroxylation is 1. The van der Waals surface area contributed by atoms with Crippen molar-refractivity contribution in [3.63, 3.8) is 0 Å². The Balaban J connectivity index is 2.49. The van der Waals surface area contributed by atoms with Crippen LogP contribution in [-0.4, -0.2) is 9.55 Å². The molecule has 2 rings (SSSR count). The smallest absolute Gasteiger partial charge is 0.129 e. The third-order valence-corrected chi connectivity index (χ3v) is 3.07. The minimum absolute atomic E-state index is 0.187. The molecule has 1 aromatic carbocycles. The van der Waals surface area contributed by atoms with Gasteiger partial charge in [-0.05, 0) is 25.5 Å². The lowest BCUT2D eigenvalue weighted by Crippen LogP contribution is -2.12. The Hall–Kier alpha value is -2.41. The van der Waals surface area contributed by atoms with Crippen LogP contribution in [0.5, 0.6) is 0 Å². The van der Waals surface area contributed by atoms with Gasteiger partial charge in [0.15, 0.2) is 0 Å². The van der Waals surface area contributed by atoms with E-state index >= 15 is 0 Å². The molecule has 0 spiro atoms. The normalized spacial score (nSPS) is 11.8. The number of aromatic nitrogens is 2. The quantitative estimate of drug-likeness (QED) is 0.786. The minimum atomic E-state index is -0.376. The summed E-state index contributed by atoms with van der Waals surface area (Å²) in [4.78, 5) is 4.07. The van der Waals surface area contributed by atoms with E-state index < -0.39 is 0 Å². The average Bonchev–Trinajstić information content (AvgIpc) is 2.82. The Morgan fingerprint density at radius 3 is 2.89 bits per heavy atom. The Morgan fingerprint density at radius 2 is 2.37 bits per heavy atom. The van der Waals surface area contributed by atoms with E-state index in [9.17, 15) is 4.39 Å². The maximum atomic E-state index is 14.1. The SMILES string of the molecule is C=CCC(c1ccc(C#N)cc1F)n1cncc1C. The molecule has 0 aliphatic rings. The number of benzene rings is 1. The third kappa shape index (κ3) is 2.55. The molecule has 1 unspecified atom stereocenters. The van der Waals surface area contributed by atoms with Crippen LogP contribution in [0.3, 0.4) is 0 Å². The van der Waals surface area contributed by atoms with E-state index in [1.807, 2.05) is 17.6 Å². The summed E-state index contributed by atoms with van der Waals surface area (Å²) in [5.41, 5.74) is 1.82. The van der Waals surface area contributed by atoms with E-state index in [-0.39, 0.29) is 11.9 Å². The van der Waals surface area contributed by atoms with Gasteiger partial charge in [-0.1, -0.05) is 12.1 Å². The number of hydrogen-bond donors (Lipinski definition) is 0. The molecule has 0 saturated carbocycles. The molecule has 0 radical (unpaired) electrons. The van der Waals surface area contributed by atoms with Gasteiger partial charge in [-0.2, -0.15) is 5.26 Å². The molecule has 0 fully saturated rings. The van der Waals surface area contributed by atoms with Crippen LogP contribution in [-0.2, 0) is 0 Å². The van der Waals surface area contributed by atoms with Crippen molar-refractivity contribution in [1.82, 2.24) is 9.55 Å². The molecule has 3 nitrogen and oxygen atoms in total. The summed E-state index contributed by atoms with van der Waals surface area (Å²) in [6.45, 7) is 5.64. The number of rotatable bonds is 4. The van der Waals surface area contributed by atoms with Crippen LogP contribution in [0.1, 0.15) is 29.3 Å². The van der Waals surface area contributed by atoms with Gasteiger partial charge in [-0.15, -0.1) is 6.58 Å². The molecule has 1 heterocycles. The van der Waals surface area contributed by atoms with E-state index in [0.29, 0.717) is 17.5 Å².